The predicted octanol–water partition coefficient (Wildman–Crippen LogP) is 1.68. The first-order valence-corrected chi connectivity index (χ1v) is 5.01. The van der Waals surface area contributed by atoms with E-state index in [9.17, 15) is 19.3 Å². The highest BCUT2D eigenvalue weighted by Crippen LogP contribution is 2.21. The van der Waals surface area contributed by atoms with Crippen LogP contribution < -0.4 is 5.32 Å². The highest BCUT2D eigenvalue weighted by molar-refractivity contribution is 5.95. The first-order chi connectivity index (χ1) is 8.36. The number of benzene rings is 1. The Balaban J connectivity index is 3.19. The lowest BCUT2D eigenvalue weighted by molar-refractivity contribution is -0.385. The van der Waals surface area contributed by atoms with E-state index >= 15 is 0 Å². The molecule has 0 aliphatic heterocycles. The monoisotopic (exact) mass is 251 g/mol. The molecule has 1 N–H and O–H groups in total. The lowest BCUT2D eigenvalue weighted by Gasteiger charge is -2.08. The third-order valence-corrected chi connectivity index (χ3v) is 2.24. The molecule has 0 aliphatic carbocycles. The third kappa shape index (κ3) is 2.79. The average molecular weight is 251 g/mol. The lowest BCUT2D eigenvalue weighted by atomic mass is 10.1. The van der Waals surface area contributed by atoms with Gasteiger partial charge < -0.3 is 5.32 Å². The molecule has 94 valence electrons. The zero-order valence-corrected chi connectivity index (χ0v) is 9.73. The number of carbonyl (C=O) groups is 1. The molecule has 0 spiro atoms. The first-order valence-electron chi connectivity index (χ1n) is 5.01. The maximum Gasteiger partial charge on any atom is 0.270 e. The van der Waals surface area contributed by atoms with Crippen molar-refractivity contribution in [3.05, 3.63) is 39.2 Å². The number of non-ortho nitro benzene ring substituents is 1. The SMILES string of the molecule is Cc1cc([N+](=O)[O-])cc(C(=O)NC(C)C#N)c1F. The molecule has 0 radical (unpaired) electrons. The molecule has 0 aromatic heterocycles. The molecule has 0 heterocycles. The largest absolute Gasteiger partial charge is 0.336 e. The van der Waals surface area contributed by atoms with Gasteiger partial charge in [0.15, 0.2) is 0 Å². The summed E-state index contributed by atoms with van der Waals surface area (Å²) in [4.78, 5) is 21.5. The Kier molecular flexibility index (Phi) is 3.94. The Bertz CT molecular complexity index is 551. The summed E-state index contributed by atoms with van der Waals surface area (Å²) in [5.41, 5.74) is -0.813. The van der Waals surface area contributed by atoms with Gasteiger partial charge in [-0.2, -0.15) is 5.26 Å². The molecule has 0 saturated carbocycles. The van der Waals surface area contributed by atoms with Crippen molar-refractivity contribution in [2.75, 3.05) is 0 Å². The summed E-state index contributed by atoms with van der Waals surface area (Å²) in [5, 5.41) is 21.4. The van der Waals surface area contributed by atoms with Crippen molar-refractivity contribution < 1.29 is 14.1 Å². The minimum Gasteiger partial charge on any atom is -0.336 e. The van der Waals surface area contributed by atoms with Crippen LogP contribution in [0.2, 0.25) is 0 Å². The Morgan fingerprint density at radius 1 is 1.61 bits per heavy atom. The molecule has 0 aliphatic rings. The van der Waals surface area contributed by atoms with Crippen LogP contribution in [0.4, 0.5) is 10.1 Å². The summed E-state index contributed by atoms with van der Waals surface area (Å²) < 4.78 is 13.7. The van der Waals surface area contributed by atoms with Crippen molar-refractivity contribution in [1.29, 1.82) is 5.26 Å². The molecule has 7 heteroatoms. The molecule has 1 atom stereocenters. The molecular formula is C11H10FN3O3. The zero-order chi connectivity index (χ0) is 13.9. The number of carbonyl (C=O) groups excluding carboxylic acids is 1. The van der Waals surface area contributed by atoms with Gasteiger partial charge in [0, 0.05) is 12.1 Å². The van der Waals surface area contributed by atoms with E-state index in [1.165, 1.54) is 13.8 Å². The van der Waals surface area contributed by atoms with Crippen molar-refractivity contribution in [2.24, 2.45) is 0 Å². The number of rotatable bonds is 3. The summed E-state index contributed by atoms with van der Waals surface area (Å²) in [6.07, 6.45) is 0. The predicted molar refractivity (Wildman–Crippen MR) is 60.3 cm³/mol. The van der Waals surface area contributed by atoms with Crippen LogP contribution in [0.1, 0.15) is 22.8 Å². The molecule has 1 amide bonds. The number of amides is 1. The van der Waals surface area contributed by atoms with Crippen LogP contribution in [0.5, 0.6) is 0 Å². The number of aryl methyl sites for hydroxylation is 1. The van der Waals surface area contributed by atoms with E-state index in [1.807, 2.05) is 0 Å². The standard InChI is InChI=1S/C11H10FN3O3/c1-6-3-8(15(17)18)4-9(10(6)12)11(16)14-7(2)5-13/h3-4,7H,1-2H3,(H,14,16). The lowest BCUT2D eigenvalue weighted by Crippen LogP contribution is -2.32. The summed E-state index contributed by atoms with van der Waals surface area (Å²) in [6, 6.07) is 2.83. The average Bonchev–Trinajstić information content (AvgIpc) is 2.31. The van der Waals surface area contributed by atoms with Gasteiger partial charge in [-0.1, -0.05) is 0 Å². The van der Waals surface area contributed by atoms with Gasteiger partial charge in [0.05, 0.1) is 16.6 Å². The van der Waals surface area contributed by atoms with Crippen LogP contribution in [0, 0.1) is 34.2 Å². The van der Waals surface area contributed by atoms with E-state index in [0.29, 0.717) is 0 Å². The van der Waals surface area contributed by atoms with Crippen molar-refractivity contribution >= 4 is 11.6 Å². The van der Waals surface area contributed by atoms with Gasteiger partial charge in [0.2, 0.25) is 0 Å². The first kappa shape index (κ1) is 13.6. The second kappa shape index (κ2) is 5.23. The zero-order valence-electron chi connectivity index (χ0n) is 9.73. The van der Waals surface area contributed by atoms with Gasteiger partial charge in [-0.3, -0.25) is 14.9 Å². The highest BCUT2D eigenvalue weighted by Gasteiger charge is 2.20. The second-order valence-electron chi connectivity index (χ2n) is 3.71. The van der Waals surface area contributed by atoms with Crippen LogP contribution in [0.25, 0.3) is 0 Å². The fourth-order valence-electron chi connectivity index (χ4n) is 1.33. The van der Waals surface area contributed by atoms with Crippen LogP contribution in [-0.2, 0) is 0 Å². The molecule has 1 aromatic carbocycles. The minimum absolute atomic E-state index is 0.000962. The van der Waals surface area contributed by atoms with E-state index in [0.717, 1.165) is 12.1 Å². The molecule has 18 heavy (non-hydrogen) atoms. The highest BCUT2D eigenvalue weighted by atomic mass is 19.1. The van der Waals surface area contributed by atoms with Crippen LogP contribution >= 0.6 is 0 Å². The van der Waals surface area contributed by atoms with E-state index in [1.54, 1.807) is 6.07 Å². The van der Waals surface area contributed by atoms with Gasteiger partial charge in [0.25, 0.3) is 11.6 Å². The Morgan fingerprint density at radius 2 is 2.22 bits per heavy atom. The number of nitriles is 1. The molecule has 0 fully saturated rings. The van der Waals surface area contributed by atoms with Gasteiger partial charge in [0.1, 0.15) is 11.9 Å². The number of nitrogens with one attached hydrogen (secondary N) is 1. The van der Waals surface area contributed by atoms with Crippen LogP contribution in [0.3, 0.4) is 0 Å². The van der Waals surface area contributed by atoms with E-state index in [2.05, 4.69) is 5.32 Å². The number of hydrogen-bond acceptors (Lipinski definition) is 4. The summed E-state index contributed by atoms with van der Waals surface area (Å²) in [7, 11) is 0. The number of nitrogens with zero attached hydrogens (tertiary/aromatic N) is 2. The Hall–Kier alpha value is -2.49. The fraction of sp³-hybridized carbons (Fsp3) is 0.273. The number of halogens is 1. The van der Waals surface area contributed by atoms with Gasteiger partial charge in [-0.05, 0) is 19.4 Å². The van der Waals surface area contributed by atoms with Crippen molar-refractivity contribution in [3.63, 3.8) is 0 Å². The van der Waals surface area contributed by atoms with Crippen LogP contribution in [0.15, 0.2) is 12.1 Å². The Morgan fingerprint density at radius 3 is 2.72 bits per heavy atom. The maximum atomic E-state index is 13.7. The molecule has 6 nitrogen and oxygen atoms in total. The summed E-state index contributed by atoms with van der Waals surface area (Å²) in [6.45, 7) is 2.74. The number of hydrogen-bond donors (Lipinski definition) is 1. The fourth-order valence-corrected chi connectivity index (χ4v) is 1.33. The van der Waals surface area contributed by atoms with E-state index < -0.39 is 28.3 Å². The van der Waals surface area contributed by atoms with E-state index in [-0.39, 0.29) is 11.3 Å². The third-order valence-electron chi connectivity index (χ3n) is 2.24. The van der Waals surface area contributed by atoms with Crippen molar-refractivity contribution in [2.45, 2.75) is 19.9 Å². The smallest absolute Gasteiger partial charge is 0.270 e. The van der Waals surface area contributed by atoms with Gasteiger partial charge in [-0.25, -0.2) is 4.39 Å². The molecule has 0 saturated heterocycles. The maximum absolute atomic E-state index is 13.7. The van der Waals surface area contributed by atoms with E-state index in [4.69, 9.17) is 5.26 Å². The second-order valence-corrected chi connectivity index (χ2v) is 3.71. The van der Waals surface area contributed by atoms with Crippen molar-refractivity contribution in [1.82, 2.24) is 5.32 Å². The topological polar surface area (TPSA) is 96.0 Å². The Labute approximate surface area is 102 Å². The van der Waals surface area contributed by atoms with Crippen molar-refractivity contribution in [3.8, 4) is 6.07 Å². The quantitative estimate of drug-likeness (QED) is 0.653. The molecule has 0 bridgehead atoms. The summed E-state index contributed by atoms with van der Waals surface area (Å²) >= 11 is 0. The normalized spacial score (nSPS) is 11.4. The number of nitro benzene ring substituents is 1. The van der Waals surface area contributed by atoms with Crippen LogP contribution in [-0.4, -0.2) is 16.9 Å². The molecule has 1 rings (SSSR count). The number of nitro groups is 1. The van der Waals surface area contributed by atoms with Gasteiger partial charge in [-0.15, -0.1) is 0 Å². The van der Waals surface area contributed by atoms with Gasteiger partial charge >= 0.3 is 0 Å². The molecule has 1 unspecified atom stereocenters. The molecule has 1 aromatic rings. The summed E-state index contributed by atoms with van der Waals surface area (Å²) in [5.74, 6) is -1.68. The molecular weight excluding hydrogens is 241 g/mol. The minimum atomic E-state index is -0.853.